The number of carbonyl (C=O) groups excluding carboxylic acids is 2. The minimum absolute atomic E-state index is 0.0759. The lowest BCUT2D eigenvalue weighted by molar-refractivity contribution is -0.119. The normalized spacial score (nSPS) is 14.8. The van der Waals surface area contributed by atoms with Crippen molar-refractivity contribution in [3.63, 3.8) is 0 Å². The predicted molar refractivity (Wildman–Crippen MR) is 105 cm³/mol. The van der Waals surface area contributed by atoms with Gasteiger partial charge in [0.05, 0.1) is 26.2 Å². The number of thioether (sulfide) groups is 1. The summed E-state index contributed by atoms with van der Waals surface area (Å²) in [5, 5.41) is 0.454. The molecule has 0 fully saturated rings. The number of hydrogen-bond donors (Lipinski definition) is 0. The highest BCUT2D eigenvalue weighted by Crippen LogP contribution is 2.42. The third-order valence-corrected chi connectivity index (χ3v) is 5.59. The molecular weight excluding hydrogens is 396 g/mol. The van der Waals surface area contributed by atoms with Gasteiger partial charge in [-0.3, -0.25) is 9.59 Å². The van der Waals surface area contributed by atoms with Crippen molar-refractivity contribution >= 4 is 58.0 Å². The van der Waals surface area contributed by atoms with Crippen LogP contribution in [0.4, 0.5) is 10.1 Å². The van der Waals surface area contributed by atoms with Gasteiger partial charge in [0.25, 0.3) is 11.8 Å². The third-order valence-electron chi connectivity index (χ3n) is 3.70. The summed E-state index contributed by atoms with van der Waals surface area (Å²) in [7, 11) is 0. The lowest BCUT2D eigenvalue weighted by atomic mass is 10.1. The van der Waals surface area contributed by atoms with Crippen LogP contribution >= 0.6 is 35.0 Å². The zero-order valence-electron chi connectivity index (χ0n) is 13.9. The van der Waals surface area contributed by atoms with Gasteiger partial charge in [-0.1, -0.05) is 55.2 Å². The molecule has 0 N–H and O–H groups in total. The number of rotatable bonds is 4. The van der Waals surface area contributed by atoms with Crippen LogP contribution in [0.5, 0.6) is 0 Å². The first-order valence-electron chi connectivity index (χ1n) is 7.81. The third kappa shape index (κ3) is 3.39. The van der Waals surface area contributed by atoms with Crippen molar-refractivity contribution in [3.05, 3.63) is 68.8 Å². The minimum Gasteiger partial charge on any atom is -0.268 e. The van der Waals surface area contributed by atoms with E-state index in [2.05, 4.69) is 0 Å². The summed E-state index contributed by atoms with van der Waals surface area (Å²) in [6, 6.07) is 10.3. The number of imide groups is 1. The molecule has 1 aliphatic rings. The highest BCUT2D eigenvalue weighted by molar-refractivity contribution is 8.04. The molecule has 0 radical (unpaired) electrons. The summed E-state index contributed by atoms with van der Waals surface area (Å²) < 4.78 is 13.3. The van der Waals surface area contributed by atoms with Gasteiger partial charge in [0.15, 0.2) is 0 Å². The smallest absolute Gasteiger partial charge is 0.268 e. The molecule has 0 aliphatic carbocycles. The van der Waals surface area contributed by atoms with Crippen LogP contribution in [-0.4, -0.2) is 17.1 Å². The van der Waals surface area contributed by atoms with E-state index < -0.39 is 17.6 Å². The fourth-order valence-electron chi connectivity index (χ4n) is 2.61. The zero-order chi connectivity index (χ0) is 19.0. The average Bonchev–Trinajstić information content (AvgIpc) is 2.82. The second kappa shape index (κ2) is 7.43. The molecular formula is C19H14Cl2FNO2S. The first-order chi connectivity index (χ1) is 12.3. The largest absolute Gasteiger partial charge is 0.272 e. The van der Waals surface area contributed by atoms with Crippen molar-refractivity contribution in [1.29, 1.82) is 0 Å². The van der Waals surface area contributed by atoms with Crippen molar-refractivity contribution < 1.29 is 14.0 Å². The molecule has 0 unspecified atom stereocenters. The second-order valence-corrected chi connectivity index (χ2v) is 8.27. The fraction of sp³-hybridized carbons (Fsp3) is 0.158. The van der Waals surface area contributed by atoms with Gasteiger partial charge in [-0.15, -0.1) is 11.8 Å². The van der Waals surface area contributed by atoms with E-state index in [0.717, 1.165) is 4.90 Å². The van der Waals surface area contributed by atoms with Gasteiger partial charge >= 0.3 is 0 Å². The standard InChI is InChI=1S/C19H14Cl2FNO2S/c1-10(2)26-17-15(11-6-8-12(22)9-7-11)18(24)23(19(17)25)14-5-3-4-13(20)16(14)21/h3-10H,1-2H3. The summed E-state index contributed by atoms with van der Waals surface area (Å²) in [6.07, 6.45) is 0. The van der Waals surface area contributed by atoms with Gasteiger partial charge in [-0.05, 0) is 29.8 Å². The number of nitrogens with zero attached hydrogens (tertiary/aromatic N) is 1. The van der Waals surface area contributed by atoms with Gasteiger partial charge in [-0.2, -0.15) is 0 Å². The van der Waals surface area contributed by atoms with Crippen LogP contribution in [0.2, 0.25) is 10.0 Å². The first-order valence-corrected chi connectivity index (χ1v) is 9.44. The summed E-state index contributed by atoms with van der Waals surface area (Å²) in [5.41, 5.74) is 0.950. The van der Waals surface area contributed by atoms with Crippen LogP contribution in [0.3, 0.4) is 0 Å². The quantitative estimate of drug-likeness (QED) is 0.620. The van der Waals surface area contributed by atoms with E-state index in [1.54, 1.807) is 18.2 Å². The molecule has 0 saturated carbocycles. The number of carbonyl (C=O) groups is 2. The maximum Gasteiger partial charge on any atom is 0.272 e. The van der Waals surface area contributed by atoms with Crippen molar-refractivity contribution in [2.45, 2.75) is 19.1 Å². The van der Waals surface area contributed by atoms with E-state index in [9.17, 15) is 14.0 Å². The first kappa shape index (κ1) is 19.0. The molecule has 2 aromatic carbocycles. The van der Waals surface area contributed by atoms with Crippen LogP contribution < -0.4 is 4.90 Å². The highest BCUT2D eigenvalue weighted by Gasteiger charge is 2.41. The Bertz CT molecular complexity index is 926. The number of benzene rings is 2. The fourth-order valence-corrected chi connectivity index (χ4v) is 3.98. The van der Waals surface area contributed by atoms with E-state index in [4.69, 9.17) is 23.2 Å². The van der Waals surface area contributed by atoms with Gasteiger partial charge < -0.3 is 0 Å². The molecule has 0 saturated heterocycles. The van der Waals surface area contributed by atoms with E-state index in [1.165, 1.54) is 36.0 Å². The number of halogens is 3. The Hall–Kier alpha value is -1.82. The average molecular weight is 410 g/mol. The molecule has 7 heteroatoms. The summed E-state index contributed by atoms with van der Waals surface area (Å²) in [5.74, 6) is -1.38. The van der Waals surface area contributed by atoms with E-state index >= 15 is 0 Å². The molecule has 3 nitrogen and oxygen atoms in total. The van der Waals surface area contributed by atoms with Gasteiger partial charge in [0.1, 0.15) is 5.82 Å². The number of anilines is 1. The van der Waals surface area contributed by atoms with Crippen molar-refractivity contribution in [2.75, 3.05) is 4.90 Å². The van der Waals surface area contributed by atoms with Crippen LogP contribution in [0.1, 0.15) is 19.4 Å². The van der Waals surface area contributed by atoms with Crippen LogP contribution in [0.15, 0.2) is 47.4 Å². The predicted octanol–water partition coefficient (Wildman–Crippen LogP) is 5.56. The van der Waals surface area contributed by atoms with Crippen LogP contribution in [0, 0.1) is 5.82 Å². The van der Waals surface area contributed by atoms with Gasteiger partial charge in [0, 0.05) is 5.25 Å². The molecule has 3 rings (SSSR count). The Morgan fingerprint density at radius 3 is 2.27 bits per heavy atom. The minimum atomic E-state index is -0.506. The lowest BCUT2D eigenvalue weighted by Crippen LogP contribution is -2.31. The molecule has 2 amide bonds. The second-order valence-electron chi connectivity index (χ2n) is 5.90. The molecule has 0 spiro atoms. The molecule has 2 aromatic rings. The van der Waals surface area contributed by atoms with E-state index in [1.807, 2.05) is 13.8 Å². The number of amides is 2. The summed E-state index contributed by atoms with van der Waals surface area (Å²) in [6.45, 7) is 3.85. The van der Waals surface area contributed by atoms with Crippen LogP contribution in [-0.2, 0) is 9.59 Å². The Morgan fingerprint density at radius 2 is 1.65 bits per heavy atom. The van der Waals surface area contributed by atoms with Crippen molar-refractivity contribution in [1.82, 2.24) is 0 Å². The summed E-state index contributed by atoms with van der Waals surface area (Å²) in [4.78, 5) is 27.5. The van der Waals surface area contributed by atoms with Crippen molar-refractivity contribution in [2.24, 2.45) is 0 Å². The Morgan fingerprint density at radius 1 is 1.00 bits per heavy atom. The monoisotopic (exact) mass is 409 g/mol. The molecule has 26 heavy (non-hydrogen) atoms. The maximum atomic E-state index is 13.3. The van der Waals surface area contributed by atoms with Crippen molar-refractivity contribution in [3.8, 4) is 0 Å². The van der Waals surface area contributed by atoms with E-state index in [0.29, 0.717) is 10.5 Å². The molecule has 1 aliphatic heterocycles. The number of hydrogen-bond acceptors (Lipinski definition) is 3. The van der Waals surface area contributed by atoms with Gasteiger partial charge in [0.2, 0.25) is 0 Å². The SMILES string of the molecule is CC(C)SC1=C(c2ccc(F)cc2)C(=O)N(c2cccc(Cl)c2Cl)C1=O. The molecule has 0 atom stereocenters. The van der Waals surface area contributed by atoms with Crippen LogP contribution in [0.25, 0.3) is 5.57 Å². The Balaban J connectivity index is 2.14. The Kier molecular flexibility index (Phi) is 5.42. The Labute approximate surface area is 164 Å². The lowest BCUT2D eigenvalue weighted by Gasteiger charge is -2.17. The molecule has 0 aromatic heterocycles. The highest BCUT2D eigenvalue weighted by atomic mass is 35.5. The summed E-state index contributed by atoms with van der Waals surface area (Å²) >= 11 is 13.5. The molecule has 1 heterocycles. The molecule has 134 valence electrons. The van der Waals surface area contributed by atoms with E-state index in [-0.39, 0.29) is 26.6 Å². The van der Waals surface area contributed by atoms with Gasteiger partial charge in [-0.25, -0.2) is 9.29 Å². The maximum absolute atomic E-state index is 13.3. The molecule has 0 bridgehead atoms. The zero-order valence-corrected chi connectivity index (χ0v) is 16.3. The topological polar surface area (TPSA) is 37.4 Å².